The Morgan fingerprint density at radius 1 is 1.21 bits per heavy atom. The monoisotopic (exact) mass is 353 g/mol. The number of carbonyl (C=O) groups is 2. The summed E-state index contributed by atoms with van der Waals surface area (Å²) < 4.78 is 62.0. The molecule has 3 nitrogen and oxygen atoms in total. The van der Waals surface area contributed by atoms with Crippen LogP contribution in [0.2, 0.25) is 0 Å². The Hall–Kier alpha value is -0.730. The van der Waals surface area contributed by atoms with Gasteiger partial charge in [0.05, 0.1) is 5.33 Å². The molecule has 0 heterocycles. The minimum atomic E-state index is -5.94. The van der Waals surface area contributed by atoms with E-state index in [4.69, 9.17) is 0 Å². The summed E-state index contributed by atoms with van der Waals surface area (Å²) in [6.07, 6.45) is -5.94. The summed E-state index contributed by atoms with van der Waals surface area (Å²) in [4.78, 5) is 22.8. The number of nitrogens with zero attached hydrogens (tertiary/aromatic N) is 1. The predicted octanol–water partition coefficient (Wildman–Crippen LogP) is 2.63. The van der Waals surface area contributed by atoms with Crippen molar-refractivity contribution in [1.82, 2.24) is 4.90 Å². The highest BCUT2D eigenvalue weighted by Gasteiger charge is 2.64. The first kappa shape index (κ1) is 18.3. The van der Waals surface area contributed by atoms with Crippen molar-refractivity contribution in [3.8, 4) is 0 Å². The quantitative estimate of drug-likeness (QED) is 0.543. The van der Waals surface area contributed by atoms with Crippen molar-refractivity contribution in [1.29, 1.82) is 0 Å². The molecule has 9 heteroatoms. The fourth-order valence-corrected chi connectivity index (χ4v) is 1.79. The number of rotatable bonds is 6. The average Bonchev–Trinajstić information content (AvgIpc) is 2.32. The molecule has 19 heavy (non-hydrogen) atoms. The van der Waals surface area contributed by atoms with Crippen LogP contribution in [0, 0.1) is 5.92 Å². The summed E-state index contributed by atoms with van der Waals surface area (Å²) in [6, 6.07) is 0. The van der Waals surface area contributed by atoms with Gasteiger partial charge in [-0.2, -0.15) is 22.0 Å². The van der Waals surface area contributed by atoms with Gasteiger partial charge < -0.3 is 4.90 Å². The number of Topliss-reactive ketones (excluding diaryl/α,β-unsaturated/α-hetero) is 1. The lowest BCUT2D eigenvalue weighted by molar-refractivity contribution is -0.274. The van der Waals surface area contributed by atoms with Gasteiger partial charge in [0, 0.05) is 19.0 Å². The van der Waals surface area contributed by atoms with E-state index in [0.717, 1.165) is 0 Å². The Kier molecular flexibility index (Phi) is 6.37. The standard InChI is InChI=1S/C10H13BrF5NO2/c1-3-17(5-6(2)7(18)4-11)8(19)9(12,13)10(14,15)16/h6H,3-5H2,1-2H3. The molecule has 0 saturated heterocycles. The van der Waals surface area contributed by atoms with Gasteiger partial charge in [-0.25, -0.2) is 0 Å². The van der Waals surface area contributed by atoms with E-state index < -0.39 is 30.5 Å². The van der Waals surface area contributed by atoms with Crippen molar-refractivity contribution in [3.05, 3.63) is 0 Å². The first-order valence-electron chi connectivity index (χ1n) is 5.31. The first-order valence-corrected chi connectivity index (χ1v) is 6.43. The van der Waals surface area contributed by atoms with Crippen LogP contribution in [0.5, 0.6) is 0 Å². The topological polar surface area (TPSA) is 37.4 Å². The van der Waals surface area contributed by atoms with E-state index in [1.807, 2.05) is 0 Å². The molecular weight excluding hydrogens is 341 g/mol. The van der Waals surface area contributed by atoms with Gasteiger partial charge in [-0.15, -0.1) is 0 Å². The zero-order chi connectivity index (χ0) is 15.4. The van der Waals surface area contributed by atoms with Crippen molar-refractivity contribution >= 4 is 27.6 Å². The molecule has 1 atom stereocenters. The number of hydrogen-bond donors (Lipinski definition) is 0. The lowest BCUT2D eigenvalue weighted by atomic mass is 10.1. The Morgan fingerprint density at radius 3 is 2.00 bits per heavy atom. The average molecular weight is 354 g/mol. The molecule has 0 aliphatic carbocycles. The second-order valence-corrected chi connectivity index (χ2v) is 4.48. The molecule has 0 aromatic carbocycles. The number of carbonyl (C=O) groups excluding carboxylic acids is 2. The van der Waals surface area contributed by atoms with Crippen molar-refractivity contribution < 1.29 is 31.5 Å². The minimum absolute atomic E-state index is 0.0599. The number of alkyl halides is 6. The summed E-state index contributed by atoms with van der Waals surface area (Å²) >= 11 is 2.85. The Balaban J connectivity index is 4.98. The Labute approximate surface area is 115 Å². The molecule has 0 N–H and O–H groups in total. The van der Waals surface area contributed by atoms with Crippen molar-refractivity contribution in [2.24, 2.45) is 5.92 Å². The zero-order valence-electron chi connectivity index (χ0n) is 10.2. The Morgan fingerprint density at radius 2 is 1.68 bits per heavy atom. The number of hydrogen-bond acceptors (Lipinski definition) is 2. The SMILES string of the molecule is CCN(CC(C)C(=O)CBr)C(=O)C(F)(F)C(F)(F)F. The van der Waals surface area contributed by atoms with Crippen LogP contribution >= 0.6 is 15.9 Å². The summed E-state index contributed by atoms with van der Waals surface area (Å²) in [5, 5.41) is -0.0599. The smallest absolute Gasteiger partial charge is 0.337 e. The molecule has 1 amide bonds. The van der Waals surface area contributed by atoms with Crippen LogP contribution in [0.1, 0.15) is 13.8 Å². The van der Waals surface area contributed by atoms with Gasteiger partial charge in [0.2, 0.25) is 0 Å². The van der Waals surface area contributed by atoms with Crippen LogP contribution < -0.4 is 0 Å². The number of halogens is 6. The fraction of sp³-hybridized carbons (Fsp3) is 0.800. The van der Waals surface area contributed by atoms with Gasteiger partial charge in [0.15, 0.2) is 0 Å². The van der Waals surface area contributed by atoms with Gasteiger partial charge in [-0.1, -0.05) is 22.9 Å². The largest absolute Gasteiger partial charge is 0.463 e. The molecule has 0 aliphatic rings. The second kappa shape index (κ2) is 6.62. The third-order valence-corrected chi connectivity index (χ3v) is 3.02. The molecule has 112 valence electrons. The van der Waals surface area contributed by atoms with Crippen molar-refractivity contribution in [3.63, 3.8) is 0 Å². The molecule has 0 fully saturated rings. The van der Waals surface area contributed by atoms with Gasteiger partial charge in [0.25, 0.3) is 0 Å². The number of ketones is 1. The van der Waals surface area contributed by atoms with Crippen LogP contribution in [0.3, 0.4) is 0 Å². The summed E-state index contributed by atoms with van der Waals surface area (Å²) in [5.41, 5.74) is 0. The normalized spacial score (nSPS) is 14.1. The van der Waals surface area contributed by atoms with E-state index in [1.165, 1.54) is 13.8 Å². The van der Waals surface area contributed by atoms with Crippen LogP contribution in [0.4, 0.5) is 22.0 Å². The van der Waals surface area contributed by atoms with Crippen LogP contribution in [-0.2, 0) is 9.59 Å². The Bertz CT molecular complexity index is 345. The maximum absolute atomic E-state index is 12.9. The highest BCUT2D eigenvalue weighted by molar-refractivity contribution is 9.09. The van der Waals surface area contributed by atoms with E-state index in [9.17, 15) is 31.5 Å². The minimum Gasteiger partial charge on any atom is -0.337 e. The first-order chi connectivity index (χ1) is 8.48. The third kappa shape index (κ3) is 4.39. The van der Waals surface area contributed by atoms with Gasteiger partial charge in [-0.05, 0) is 6.92 Å². The highest BCUT2D eigenvalue weighted by Crippen LogP contribution is 2.37. The van der Waals surface area contributed by atoms with Gasteiger partial charge in [0.1, 0.15) is 5.78 Å². The molecule has 0 aromatic rings. The van der Waals surface area contributed by atoms with E-state index in [2.05, 4.69) is 15.9 Å². The maximum atomic E-state index is 12.9. The summed E-state index contributed by atoms with van der Waals surface area (Å²) in [5.74, 6) is -8.99. The van der Waals surface area contributed by atoms with E-state index >= 15 is 0 Å². The molecule has 0 saturated carbocycles. The third-order valence-electron chi connectivity index (χ3n) is 2.47. The lowest BCUT2D eigenvalue weighted by Crippen LogP contribution is -2.53. The number of amides is 1. The molecule has 0 spiro atoms. The molecule has 0 aromatic heterocycles. The van der Waals surface area contributed by atoms with Crippen LogP contribution in [0.25, 0.3) is 0 Å². The summed E-state index contributed by atoms with van der Waals surface area (Å²) in [7, 11) is 0. The van der Waals surface area contributed by atoms with Crippen molar-refractivity contribution in [2.75, 3.05) is 18.4 Å². The van der Waals surface area contributed by atoms with Gasteiger partial charge in [-0.3, -0.25) is 9.59 Å². The molecule has 0 radical (unpaired) electrons. The highest BCUT2D eigenvalue weighted by atomic mass is 79.9. The second-order valence-electron chi connectivity index (χ2n) is 3.92. The fourth-order valence-electron chi connectivity index (χ4n) is 1.24. The van der Waals surface area contributed by atoms with Crippen LogP contribution in [-0.4, -0.2) is 47.1 Å². The van der Waals surface area contributed by atoms with Gasteiger partial charge >= 0.3 is 18.0 Å². The molecule has 1 unspecified atom stereocenters. The van der Waals surface area contributed by atoms with Crippen LogP contribution in [0.15, 0.2) is 0 Å². The van der Waals surface area contributed by atoms with E-state index in [0.29, 0.717) is 4.90 Å². The maximum Gasteiger partial charge on any atom is 0.463 e. The molecule has 0 rings (SSSR count). The molecule has 0 aliphatic heterocycles. The molecular formula is C10H13BrF5NO2. The summed E-state index contributed by atoms with van der Waals surface area (Å²) in [6.45, 7) is 1.79. The zero-order valence-corrected chi connectivity index (χ0v) is 11.8. The predicted molar refractivity (Wildman–Crippen MR) is 61.2 cm³/mol. The van der Waals surface area contributed by atoms with E-state index in [1.54, 1.807) is 0 Å². The lowest BCUT2D eigenvalue weighted by Gasteiger charge is -2.28. The van der Waals surface area contributed by atoms with Crippen molar-refractivity contribution in [2.45, 2.75) is 25.9 Å². The molecule has 0 bridgehead atoms. The van der Waals surface area contributed by atoms with E-state index in [-0.39, 0.29) is 17.7 Å².